The molecule has 0 bridgehead atoms. The van der Waals surface area contributed by atoms with Crippen LogP contribution in [0.25, 0.3) is 0 Å². The van der Waals surface area contributed by atoms with Gasteiger partial charge in [0, 0.05) is 18.2 Å². The maximum absolute atomic E-state index is 13.2. The number of carbonyl (C=O) groups excluding carboxylic acids is 1. The lowest BCUT2D eigenvalue weighted by Gasteiger charge is -2.31. The number of carbonyl (C=O) groups is 2. The predicted octanol–water partition coefficient (Wildman–Crippen LogP) is 4.15. The van der Waals surface area contributed by atoms with Crippen LogP contribution in [-0.4, -0.2) is 23.5 Å². The van der Waals surface area contributed by atoms with Crippen LogP contribution in [0.15, 0.2) is 60.7 Å². The van der Waals surface area contributed by atoms with Crippen molar-refractivity contribution in [2.24, 2.45) is 11.8 Å². The zero-order valence-electron chi connectivity index (χ0n) is 14.9. The molecule has 1 aliphatic rings. The number of hydrogen-bond acceptors (Lipinski definition) is 2. The Kier molecular flexibility index (Phi) is 6.05. The van der Waals surface area contributed by atoms with Crippen LogP contribution in [0, 0.1) is 11.8 Å². The second kappa shape index (κ2) is 8.65. The highest BCUT2D eigenvalue weighted by atomic mass is 16.4. The molecular weight excluding hydrogens is 326 g/mol. The van der Waals surface area contributed by atoms with Crippen molar-refractivity contribution in [2.45, 2.75) is 32.1 Å². The normalized spacial score (nSPS) is 19.7. The summed E-state index contributed by atoms with van der Waals surface area (Å²) in [6.07, 6.45) is 3.29. The van der Waals surface area contributed by atoms with Crippen molar-refractivity contribution in [3.8, 4) is 0 Å². The average molecular weight is 351 g/mol. The highest BCUT2D eigenvalue weighted by Crippen LogP contribution is 2.31. The minimum Gasteiger partial charge on any atom is -0.481 e. The number of benzene rings is 2. The first-order valence-electron chi connectivity index (χ1n) is 9.28. The van der Waals surface area contributed by atoms with Gasteiger partial charge in [0.2, 0.25) is 5.91 Å². The summed E-state index contributed by atoms with van der Waals surface area (Å²) < 4.78 is 0. The molecule has 4 heteroatoms. The molecule has 1 saturated carbocycles. The highest BCUT2D eigenvalue weighted by molar-refractivity contribution is 5.95. The molecule has 0 radical (unpaired) electrons. The Labute approximate surface area is 154 Å². The Morgan fingerprint density at radius 3 is 1.96 bits per heavy atom. The van der Waals surface area contributed by atoms with E-state index in [2.05, 4.69) is 12.1 Å². The molecule has 3 rings (SSSR count). The van der Waals surface area contributed by atoms with Crippen LogP contribution in [0.5, 0.6) is 0 Å². The van der Waals surface area contributed by atoms with Gasteiger partial charge in [-0.2, -0.15) is 0 Å². The Morgan fingerprint density at radius 1 is 0.846 bits per heavy atom. The lowest BCUT2D eigenvalue weighted by Crippen LogP contribution is -2.39. The summed E-state index contributed by atoms with van der Waals surface area (Å²) in [6, 6.07) is 19.9. The topological polar surface area (TPSA) is 57.6 Å². The molecule has 0 atom stereocenters. The maximum Gasteiger partial charge on any atom is 0.306 e. The maximum atomic E-state index is 13.2. The quantitative estimate of drug-likeness (QED) is 0.850. The summed E-state index contributed by atoms with van der Waals surface area (Å²) in [4.78, 5) is 26.2. The molecule has 136 valence electrons. The van der Waals surface area contributed by atoms with E-state index >= 15 is 0 Å². The molecule has 1 fully saturated rings. The van der Waals surface area contributed by atoms with Crippen molar-refractivity contribution in [1.82, 2.24) is 0 Å². The Bertz CT molecular complexity index is 722. The Balaban J connectivity index is 1.71. The van der Waals surface area contributed by atoms with E-state index in [4.69, 9.17) is 5.11 Å². The second-order valence-corrected chi connectivity index (χ2v) is 6.95. The largest absolute Gasteiger partial charge is 0.481 e. The SMILES string of the molecule is O=C(O)C1CCC(C(=O)N(CCc2ccccc2)c2ccccc2)CC1. The van der Waals surface area contributed by atoms with Crippen molar-refractivity contribution in [3.05, 3.63) is 66.2 Å². The van der Waals surface area contributed by atoms with Gasteiger partial charge in [-0.1, -0.05) is 48.5 Å². The van der Waals surface area contributed by atoms with E-state index < -0.39 is 5.97 Å². The summed E-state index contributed by atoms with van der Waals surface area (Å²) in [5.74, 6) is -0.994. The third-order valence-electron chi connectivity index (χ3n) is 5.23. The molecule has 2 aromatic carbocycles. The number of nitrogens with zero attached hydrogens (tertiary/aromatic N) is 1. The van der Waals surface area contributed by atoms with Crippen molar-refractivity contribution in [1.29, 1.82) is 0 Å². The highest BCUT2D eigenvalue weighted by Gasteiger charge is 2.32. The fourth-order valence-corrected chi connectivity index (χ4v) is 3.67. The third kappa shape index (κ3) is 4.51. The van der Waals surface area contributed by atoms with Gasteiger partial charge in [-0.25, -0.2) is 0 Å². The van der Waals surface area contributed by atoms with Gasteiger partial charge >= 0.3 is 5.97 Å². The van der Waals surface area contributed by atoms with Crippen LogP contribution in [0.4, 0.5) is 5.69 Å². The fraction of sp³-hybridized carbons (Fsp3) is 0.364. The summed E-state index contributed by atoms with van der Waals surface area (Å²) >= 11 is 0. The van der Waals surface area contributed by atoms with E-state index in [9.17, 15) is 9.59 Å². The molecular formula is C22H25NO3. The molecule has 2 aromatic rings. The van der Waals surface area contributed by atoms with Crippen molar-refractivity contribution >= 4 is 17.6 Å². The number of carboxylic acid groups (broad SMARTS) is 1. The molecule has 1 amide bonds. The molecule has 0 aromatic heterocycles. The summed E-state index contributed by atoms with van der Waals surface area (Å²) in [5.41, 5.74) is 2.12. The van der Waals surface area contributed by atoms with Gasteiger partial charge in [0.25, 0.3) is 0 Å². The fourth-order valence-electron chi connectivity index (χ4n) is 3.67. The molecule has 0 spiro atoms. The van der Waals surface area contributed by atoms with Crippen molar-refractivity contribution in [2.75, 3.05) is 11.4 Å². The number of carboxylic acids is 1. The molecule has 0 unspecified atom stereocenters. The smallest absolute Gasteiger partial charge is 0.306 e. The average Bonchev–Trinajstić information content (AvgIpc) is 2.69. The number of para-hydroxylation sites is 1. The van der Waals surface area contributed by atoms with Gasteiger partial charge < -0.3 is 10.0 Å². The number of amides is 1. The van der Waals surface area contributed by atoms with Crippen molar-refractivity contribution in [3.63, 3.8) is 0 Å². The molecule has 0 saturated heterocycles. The molecule has 1 N–H and O–H groups in total. The zero-order valence-corrected chi connectivity index (χ0v) is 14.9. The summed E-state index contributed by atoms with van der Waals surface area (Å²) in [5, 5.41) is 9.17. The standard InChI is InChI=1S/C22H25NO3/c24-21(18-11-13-19(14-12-18)22(25)26)23(20-9-5-2-6-10-20)16-15-17-7-3-1-4-8-17/h1-10,18-19H,11-16H2,(H,25,26). The minimum absolute atomic E-state index is 0.0819. The van der Waals surface area contributed by atoms with E-state index in [-0.39, 0.29) is 17.7 Å². The number of anilines is 1. The van der Waals surface area contributed by atoms with Gasteiger partial charge in [0.15, 0.2) is 0 Å². The first-order chi connectivity index (χ1) is 12.6. The third-order valence-corrected chi connectivity index (χ3v) is 5.23. The number of rotatable bonds is 6. The van der Waals surface area contributed by atoms with Gasteiger partial charge in [-0.15, -0.1) is 0 Å². The van der Waals surface area contributed by atoms with Crippen molar-refractivity contribution < 1.29 is 14.7 Å². The van der Waals surface area contributed by atoms with Gasteiger partial charge in [0.05, 0.1) is 5.92 Å². The first-order valence-corrected chi connectivity index (χ1v) is 9.28. The minimum atomic E-state index is -0.736. The number of aliphatic carboxylic acids is 1. The molecule has 4 nitrogen and oxygen atoms in total. The molecule has 1 aliphatic carbocycles. The van der Waals surface area contributed by atoms with E-state index in [1.165, 1.54) is 5.56 Å². The van der Waals surface area contributed by atoms with Crippen LogP contribution in [0.3, 0.4) is 0 Å². The van der Waals surface area contributed by atoms with E-state index in [0.717, 1.165) is 12.1 Å². The van der Waals surface area contributed by atoms with Crippen LogP contribution >= 0.6 is 0 Å². The van der Waals surface area contributed by atoms with Crippen LogP contribution in [0.1, 0.15) is 31.2 Å². The zero-order chi connectivity index (χ0) is 18.4. The van der Waals surface area contributed by atoms with Gasteiger partial charge in [0.1, 0.15) is 0 Å². The summed E-state index contributed by atoms with van der Waals surface area (Å²) in [6.45, 7) is 0.631. The lowest BCUT2D eigenvalue weighted by molar-refractivity contribution is -0.144. The predicted molar refractivity (Wildman–Crippen MR) is 102 cm³/mol. The van der Waals surface area contributed by atoms with Crippen LogP contribution in [-0.2, 0) is 16.0 Å². The number of hydrogen-bond donors (Lipinski definition) is 1. The molecule has 0 aliphatic heterocycles. The summed E-state index contributed by atoms with van der Waals surface area (Å²) in [7, 11) is 0. The molecule has 26 heavy (non-hydrogen) atoms. The first kappa shape index (κ1) is 18.2. The lowest BCUT2D eigenvalue weighted by atomic mass is 9.81. The second-order valence-electron chi connectivity index (χ2n) is 6.95. The monoisotopic (exact) mass is 351 g/mol. The van der Waals surface area contributed by atoms with E-state index in [0.29, 0.717) is 32.2 Å². The Morgan fingerprint density at radius 2 is 1.38 bits per heavy atom. The Hall–Kier alpha value is -2.62. The van der Waals surface area contributed by atoms with Gasteiger partial charge in [-0.3, -0.25) is 9.59 Å². The van der Waals surface area contributed by atoms with Gasteiger partial charge in [-0.05, 0) is 49.8 Å². The molecule has 0 heterocycles. The van der Waals surface area contributed by atoms with E-state index in [1.54, 1.807) is 0 Å². The van der Waals surface area contributed by atoms with E-state index in [1.807, 2.05) is 53.4 Å². The van der Waals surface area contributed by atoms with Crippen LogP contribution in [0.2, 0.25) is 0 Å². The van der Waals surface area contributed by atoms with Crippen LogP contribution < -0.4 is 4.90 Å².